The Bertz CT molecular complexity index is 320. The first-order valence-corrected chi connectivity index (χ1v) is 6.13. The van der Waals surface area contributed by atoms with Gasteiger partial charge in [-0.2, -0.15) is 0 Å². The number of ether oxygens (including phenoxy) is 2. The minimum absolute atomic E-state index is 0.173. The van der Waals surface area contributed by atoms with E-state index in [1.54, 1.807) is 0 Å². The molecule has 0 bridgehead atoms. The molecule has 0 saturated carbocycles. The van der Waals surface area contributed by atoms with Crippen LogP contribution in [-0.4, -0.2) is 18.0 Å². The molecular formula is C14H22O2. The number of hydrogen-bond donors (Lipinski definition) is 0. The molecule has 3 unspecified atom stereocenters. The first kappa shape index (κ1) is 11.9. The van der Waals surface area contributed by atoms with Crippen molar-refractivity contribution in [1.29, 1.82) is 0 Å². The van der Waals surface area contributed by atoms with Gasteiger partial charge in [0.15, 0.2) is 5.79 Å². The minimum Gasteiger partial charge on any atom is -0.340 e. The molecule has 1 fully saturated rings. The molecule has 90 valence electrons. The van der Waals surface area contributed by atoms with Gasteiger partial charge in [-0.05, 0) is 45.6 Å². The van der Waals surface area contributed by atoms with E-state index in [4.69, 9.17) is 9.47 Å². The summed E-state index contributed by atoms with van der Waals surface area (Å²) < 4.78 is 12.1. The maximum Gasteiger partial charge on any atom is 0.191 e. The lowest BCUT2D eigenvalue weighted by Crippen LogP contribution is -2.37. The Kier molecular flexibility index (Phi) is 2.97. The molecule has 1 aliphatic carbocycles. The molecule has 0 N–H and O–H groups in total. The number of rotatable bonds is 1. The van der Waals surface area contributed by atoms with Gasteiger partial charge in [0.1, 0.15) is 0 Å². The van der Waals surface area contributed by atoms with Gasteiger partial charge < -0.3 is 9.47 Å². The second-order valence-corrected chi connectivity index (χ2v) is 5.27. The van der Waals surface area contributed by atoms with Gasteiger partial charge in [0.25, 0.3) is 0 Å². The number of allylic oxidation sites excluding steroid dienone is 2. The summed E-state index contributed by atoms with van der Waals surface area (Å²) in [7, 11) is 0. The SMILES string of the molecule is C=C(C)C1CC=C(C)C2(C1)OC(C)C(C)O2. The molecular weight excluding hydrogens is 200 g/mol. The van der Waals surface area contributed by atoms with Crippen LogP contribution in [0, 0.1) is 5.92 Å². The summed E-state index contributed by atoms with van der Waals surface area (Å²) >= 11 is 0. The summed E-state index contributed by atoms with van der Waals surface area (Å²) in [6.45, 7) is 12.4. The van der Waals surface area contributed by atoms with Crippen molar-refractivity contribution in [1.82, 2.24) is 0 Å². The van der Waals surface area contributed by atoms with E-state index in [-0.39, 0.29) is 12.2 Å². The number of hydrogen-bond acceptors (Lipinski definition) is 2. The molecule has 0 radical (unpaired) electrons. The monoisotopic (exact) mass is 222 g/mol. The quantitative estimate of drug-likeness (QED) is 0.633. The molecule has 3 atom stereocenters. The van der Waals surface area contributed by atoms with Crippen LogP contribution in [0.2, 0.25) is 0 Å². The maximum absolute atomic E-state index is 6.06. The zero-order valence-corrected chi connectivity index (χ0v) is 10.7. The fourth-order valence-electron chi connectivity index (χ4n) is 2.52. The van der Waals surface area contributed by atoms with E-state index in [1.807, 2.05) is 0 Å². The molecule has 0 aromatic heterocycles. The van der Waals surface area contributed by atoms with Crippen molar-refractivity contribution in [3.8, 4) is 0 Å². The zero-order chi connectivity index (χ0) is 11.9. The van der Waals surface area contributed by atoms with E-state index in [0.717, 1.165) is 12.8 Å². The maximum atomic E-state index is 6.06. The van der Waals surface area contributed by atoms with Gasteiger partial charge in [0, 0.05) is 6.42 Å². The summed E-state index contributed by atoms with van der Waals surface area (Å²) in [6, 6.07) is 0. The molecule has 0 aromatic rings. The third-order valence-electron chi connectivity index (χ3n) is 3.94. The van der Waals surface area contributed by atoms with E-state index in [1.165, 1.54) is 11.1 Å². The second-order valence-electron chi connectivity index (χ2n) is 5.27. The van der Waals surface area contributed by atoms with Crippen molar-refractivity contribution >= 4 is 0 Å². The Morgan fingerprint density at radius 2 is 1.94 bits per heavy atom. The van der Waals surface area contributed by atoms with E-state index >= 15 is 0 Å². The normalized spacial score (nSPS) is 43.5. The highest BCUT2D eigenvalue weighted by molar-refractivity contribution is 5.20. The van der Waals surface area contributed by atoms with Gasteiger partial charge in [0.2, 0.25) is 0 Å². The zero-order valence-electron chi connectivity index (χ0n) is 10.7. The molecule has 2 aliphatic rings. The summed E-state index contributed by atoms with van der Waals surface area (Å²) in [5, 5.41) is 0. The molecule has 2 nitrogen and oxygen atoms in total. The van der Waals surface area contributed by atoms with Crippen molar-refractivity contribution in [3.63, 3.8) is 0 Å². The Morgan fingerprint density at radius 1 is 1.38 bits per heavy atom. The first-order chi connectivity index (χ1) is 7.44. The average Bonchev–Trinajstić information content (AvgIpc) is 2.48. The summed E-state index contributed by atoms with van der Waals surface area (Å²) in [6.07, 6.45) is 4.57. The van der Waals surface area contributed by atoms with Crippen LogP contribution < -0.4 is 0 Å². The lowest BCUT2D eigenvalue weighted by atomic mass is 9.82. The summed E-state index contributed by atoms with van der Waals surface area (Å²) in [5.41, 5.74) is 2.45. The Morgan fingerprint density at radius 3 is 2.44 bits per heavy atom. The lowest BCUT2D eigenvalue weighted by Gasteiger charge is -2.36. The predicted octanol–water partition coefficient (Wildman–Crippen LogP) is 3.44. The molecule has 0 amide bonds. The third-order valence-corrected chi connectivity index (χ3v) is 3.94. The molecule has 1 saturated heterocycles. The largest absolute Gasteiger partial charge is 0.340 e. The predicted molar refractivity (Wildman–Crippen MR) is 65.1 cm³/mol. The first-order valence-electron chi connectivity index (χ1n) is 6.13. The van der Waals surface area contributed by atoms with Gasteiger partial charge in [-0.15, -0.1) is 0 Å². The van der Waals surface area contributed by atoms with Crippen LogP contribution in [0.1, 0.15) is 40.5 Å². The smallest absolute Gasteiger partial charge is 0.191 e. The fraction of sp³-hybridized carbons (Fsp3) is 0.714. The van der Waals surface area contributed by atoms with Crippen molar-refractivity contribution in [3.05, 3.63) is 23.8 Å². The topological polar surface area (TPSA) is 18.5 Å². The van der Waals surface area contributed by atoms with Gasteiger partial charge in [-0.1, -0.05) is 18.2 Å². The second kappa shape index (κ2) is 4.01. The molecule has 2 rings (SSSR count). The van der Waals surface area contributed by atoms with Crippen LogP contribution in [0.25, 0.3) is 0 Å². The summed E-state index contributed by atoms with van der Waals surface area (Å²) in [4.78, 5) is 0. The van der Waals surface area contributed by atoms with Crippen molar-refractivity contribution in [2.75, 3.05) is 0 Å². The van der Waals surface area contributed by atoms with E-state index in [2.05, 4.69) is 40.3 Å². The molecule has 2 heteroatoms. The average molecular weight is 222 g/mol. The van der Waals surface area contributed by atoms with Gasteiger partial charge in [-0.25, -0.2) is 0 Å². The van der Waals surface area contributed by atoms with Crippen molar-refractivity contribution in [2.45, 2.75) is 58.5 Å². The Hall–Kier alpha value is -0.600. The fourth-order valence-corrected chi connectivity index (χ4v) is 2.52. The highest BCUT2D eigenvalue weighted by atomic mass is 16.8. The Labute approximate surface area is 98.3 Å². The van der Waals surface area contributed by atoms with E-state index in [9.17, 15) is 0 Å². The molecule has 1 aliphatic heterocycles. The van der Waals surface area contributed by atoms with Crippen LogP contribution in [-0.2, 0) is 9.47 Å². The standard InChI is InChI=1S/C14H22O2/c1-9(2)13-7-6-10(3)14(8-13)15-11(4)12(5)16-14/h6,11-13H,1,7-8H2,2-5H3. The molecule has 1 spiro atoms. The van der Waals surface area contributed by atoms with Crippen molar-refractivity contribution in [2.24, 2.45) is 5.92 Å². The van der Waals surface area contributed by atoms with Crippen LogP contribution >= 0.6 is 0 Å². The van der Waals surface area contributed by atoms with E-state index in [0.29, 0.717) is 5.92 Å². The van der Waals surface area contributed by atoms with Crippen LogP contribution in [0.4, 0.5) is 0 Å². The molecule has 16 heavy (non-hydrogen) atoms. The summed E-state index contributed by atoms with van der Waals surface area (Å²) in [5.74, 6) is 0.0157. The molecule has 1 heterocycles. The van der Waals surface area contributed by atoms with Crippen LogP contribution in [0.3, 0.4) is 0 Å². The van der Waals surface area contributed by atoms with E-state index < -0.39 is 5.79 Å². The van der Waals surface area contributed by atoms with Gasteiger partial charge >= 0.3 is 0 Å². The Balaban J connectivity index is 2.23. The third kappa shape index (κ3) is 1.85. The highest BCUT2D eigenvalue weighted by Crippen LogP contribution is 2.44. The van der Waals surface area contributed by atoms with Gasteiger partial charge in [-0.3, -0.25) is 0 Å². The van der Waals surface area contributed by atoms with Crippen LogP contribution in [0.5, 0.6) is 0 Å². The van der Waals surface area contributed by atoms with Crippen LogP contribution in [0.15, 0.2) is 23.8 Å². The molecule has 0 aromatic carbocycles. The lowest BCUT2D eigenvalue weighted by molar-refractivity contribution is -0.157. The van der Waals surface area contributed by atoms with Gasteiger partial charge in [0.05, 0.1) is 12.2 Å². The highest BCUT2D eigenvalue weighted by Gasteiger charge is 2.48. The van der Waals surface area contributed by atoms with Crippen molar-refractivity contribution < 1.29 is 9.47 Å². The minimum atomic E-state index is -0.472.